The van der Waals surface area contributed by atoms with Gasteiger partial charge >= 0.3 is 5.97 Å². The van der Waals surface area contributed by atoms with Crippen LogP contribution in [0.5, 0.6) is 5.75 Å². The molecule has 0 heterocycles. The number of esters is 1. The smallest absolute Gasteiger partial charge is 0.306 e. The lowest BCUT2D eigenvalue weighted by molar-refractivity contribution is -0.143. The fourth-order valence-electron chi connectivity index (χ4n) is 2.03. The second-order valence-electron chi connectivity index (χ2n) is 4.37. The van der Waals surface area contributed by atoms with Crippen LogP contribution in [-0.2, 0) is 9.53 Å². The molecule has 1 aromatic carbocycles. The number of hydrogen-bond acceptors (Lipinski definition) is 4. The number of methoxy groups -OCH3 is 1. The lowest BCUT2D eigenvalue weighted by atomic mass is 10.0. The van der Waals surface area contributed by atoms with E-state index in [9.17, 15) is 9.59 Å². The van der Waals surface area contributed by atoms with Gasteiger partial charge in [-0.25, -0.2) is 0 Å². The number of aryl methyl sites for hydroxylation is 2. The van der Waals surface area contributed by atoms with Crippen LogP contribution in [0.25, 0.3) is 0 Å². The normalized spacial score (nSPS) is 10.1. The van der Waals surface area contributed by atoms with Gasteiger partial charge in [0.25, 0.3) is 0 Å². The van der Waals surface area contributed by atoms with Gasteiger partial charge in [-0.05, 0) is 44.0 Å². The monoisotopic (exact) mass is 264 g/mol. The summed E-state index contributed by atoms with van der Waals surface area (Å²) in [6, 6.07) is 3.58. The molecule has 0 saturated carbocycles. The van der Waals surface area contributed by atoms with E-state index in [1.807, 2.05) is 13.8 Å². The summed E-state index contributed by atoms with van der Waals surface area (Å²) in [4.78, 5) is 23.2. The van der Waals surface area contributed by atoms with Crippen molar-refractivity contribution in [2.24, 2.45) is 0 Å². The van der Waals surface area contributed by atoms with Crippen LogP contribution in [0.4, 0.5) is 0 Å². The fourth-order valence-corrected chi connectivity index (χ4v) is 2.03. The number of rotatable bonds is 6. The van der Waals surface area contributed by atoms with Crippen molar-refractivity contribution >= 4 is 11.8 Å². The standard InChI is InChI=1S/C15H20O4/c1-5-19-14(17)7-6-13(16)12-8-10(2)15(18-4)11(3)9-12/h8-9H,5-7H2,1-4H3. The molecule has 0 fully saturated rings. The molecule has 0 unspecified atom stereocenters. The Bertz CT molecular complexity index is 454. The Kier molecular flexibility index (Phi) is 5.55. The zero-order valence-electron chi connectivity index (χ0n) is 11.9. The number of benzene rings is 1. The largest absolute Gasteiger partial charge is 0.496 e. The third-order valence-electron chi connectivity index (χ3n) is 2.85. The van der Waals surface area contributed by atoms with Crippen LogP contribution in [0, 0.1) is 13.8 Å². The predicted molar refractivity (Wildman–Crippen MR) is 72.7 cm³/mol. The molecule has 0 aliphatic carbocycles. The summed E-state index contributed by atoms with van der Waals surface area (Å²) >= 11 is 0. The maximum Gasteiger partial charge on any atom is 0.306 e. The quantitative estimate of drug-likeness (QED) is 0.585. The minimum Gasteiger partial charge on any atom is -0.496 e. The molecule has 0 aliphatic heterocycles. The molecule has 0 aromatic heterocycles. The molecule has 19 heavy (non-hydrogen) atoms. The summed E-state index contributed by atoms with van der Waals surface area (Å²) in [5.74, 6) is 0.404. The fraction of sp³-hybridized carbons (Fsp3) is 0.467. The van der Waals surface area contributed by atoms with E-state index in [1.54, 1.807) is 26.2 Å². The second kappa shape index (κ2) is 6.92. The van der Waals surface area contributed by atoms with Crippen molar-refractivity contribution in [3.63, 3.8) is 0 Å². The highest BCUT2D eigenvalue weighted by molar-refractivity contribution is 5.98. The van der Waals surface area contributed by atoms with Crippen LogP contribution in [0.3, 0.4) is 0 Å². The molecule has 0 radical (unpaired) electrons. The maximum atomic E-state index is 12.0. The van der Waals surface area contributed by atoms with E-state index in [0.29, 0.717) is 12.2 Å². The Hall–Kier alpha value is -1.84. The number of carbonyl (C=O) groups is 2. The number of ketones is 1. The van der Waals surface area contributed by atoms with E-state index >= 15 is 0 Å². The second-order valence-corrected chi connectivity index (χ2v) is 4.37. The average molecular weight is 264 g/mol. The minimum absolute atomic E-state index is 0.0538. The number of hydrogen-bond donors (Lipinski definition) is 0. The van der Waals surface area contributed by atoms with Crippen molar-refractivity contribution in [1.29, 1.82) is 0 Å². The lowest BCUT2D eigenvalue weighted by Crippen LogP contribution is -2.08. The SMILES string of the molecule is CCOC(=O)CCC(=O)c1cc(C)c(OC)c(C)c1. The first-order valence-corrected chi connectivity index (χ1v) is 6.33. The highest BCUT2D eigenvalue weighted by atomic mass is 16.5. The van der Waals surface area contributed by atoms with Gasteiger partial charge in [0.15, 0.2) is 5.78 Å². The molecule has 0 atom stereocenters. The molecule has 0 spiro atoms. The first-order chi connectivity index (χ1) is 8.99. The predicted octanol–water partition coefficient (Wildman–Crippen LogP) is 2.84. The Morgan fingerprint density at radius 1 is 1.11 bits per heavy atom. The van der Waals surface area contributed by atoms with Gasteiger partial charge in [-0.15, -0.1) is 0 Å². The molecular weight excluding hydrogens is 244 g/mol. The average Bonchev–Trinajstić information content (AvgIpc) is 2.36. The van der Waals surface area contributed by atoms with Crippen LogP contribution >= 0.6 is 0 Å². The highest BCUT2D eigenvalue weighted by Crippen LogP contribution is 2.25. The number of ether oxygens (including phenoxy) is 2. The molecule has 0 N–H and O–H groups in total. The van der Waals surface area contributed by atoms with Crippen LogP contribution in [0.15, 0.2) is 12.1 Å². The van der Waals surface area contributed by atoms with Crippen molar-refractivity contribution in [2.45, 2.75) is 33.6 Å². The van der Waals surface area contributed by atoms with Gasteiger partial charge in [-0.1, -0.05) is 0 Å². The van der Waals surface area contributed by atoms with E-state index < -0.39 is 0 Å². The van der Waals surface area contributed by atoms with Gasteiger partial charge < -0.3 is 9.47 Å². The van der Waals surface area contributed by atoms with Gasteiger partial charge in [0.1, 0.15) is 5.75 Å². The molecule has 0 amide bonds. The molecule has 1 aromatic rings. The lowest BCUT2D eigenvalue weighted by Gasteiger charge is -2.10. The summed E-state index contributed by atoms with van der Waals surface area (Å²) in [6.07, 6.45) is 0.292. The van der Waals surface area contributed by atoms with Crippen molar-refractivity contribution in [2.75, 3.05) is 13.7 Å². The third-order valence-corrected chi connectivity index (χ3v) is 2.85. The van der Waals surface area contributed by atoms with Crippen LogP contribution in [0.2, 0.25) is 0 Å². The summed E-state index contributed by atoms with van der Waals surface area (Å²) in [5, 5.41) is 0. The molecule has 104 valence electrons. The Labute approximate surface area is 113 Å². The van der Waals surface area contributed by atoms with Crippen molar-refractivity contribution < 1.29 is 19.1 Å². The summed E-state index contributed by atoms with van der Waals surface area (Å²) in [6.45, 7) is 5.88. The van der Waals surface area contributed by atoms with Crippen LogP contribution < -0.4 is 4.74 Å². The highest BCUT2D eigenvalue weighted by Gasteiger charge is 2.13. The van der Waals surface area contributed by atoms with Gasteiger partial charge in [0, 0.05) is 12.0 Å². The molecule has 0 saturated heterocycles. The van der Waals surface area contributed by atoms with E-state index in [4.69, 9.17) is 9.47 Å². The summed E-state index contributed by atoms with van der Waals surface area (Å²) in [7, 11) is 1.61. The first kappa shape index (κ1) is 15.2. The minimum atomic E-state index is -0.335. The third kappa shape index (κ3) is 4.09. The molecule has 1 rings (SSSR count). The van der Waals surface area contributed by atoms with Crippen molar-refractivity contribution in [1.82, 2.24) is 0 Å². The Morgan fingerprint density at radius 3 is 2.16 bits per heavy atom. The van der Waals surface area contributed by atoms with Crippen molar-refractivity contribution in [3.8, 4) is 5.75 Å². The van der Waals surface area contributed by atoms with Gasteiger partial charge in [0.05, 0.1) is 20.1 Å². The van der Waals surface area contributed by atoms with E-state index in [-0.39, 0.29) is 24.6 Å². The maximum absolute atomic E-state index is 12.0. The van der Waals surface area contributed by atoms with Gasteiger partial charge in [0.2, 0.25) is 0 Å². The van der Waals surface area contributed by atoms with Gasteiger partial charge in [-0.2, -0.15) is 0 Å². The molecule has 4 heteroatoms. The zero-order valence-corrected chi connectivity index (χ0v) is 11.9. The van der Waals surface area contributed by atoms with E-state index in [0.717, 1.165) is 16.9 Å². The van der Waals surface area contributed by atoms with Crippen molar-refractivity contribution in [3.05, 3.63) is 28.8 Å². The first-order valence-electron chi connectivity index (χ1n) is 6.33. The zero-order chi connectivity index (χ0) is 14.4. The van der Waals surface area contributed by atoms with Gasteiger partial charge in [-0.3, -0.25) is 9.59 Å². The molecule has 4 nitrogen and oxygen atoms in total. The topological polar surface area (TPSA) is 52.6 Å². The Morgan fingerprint density at radius 2 is 1.68 bits per heavy atom. The van der Waals surface area contributed by atoms with E-state index in [1.165, 1.54) is 0 Å². The number of Topliss-reactive ketones (excluding diaryl/α,β-unsaturated/α-hetero) is 1. The molecule has 0 aliphatic rings. The van der Waals surface area contributed by atoms with Crippen LogP contribution in [-0.4, -0.2) is 25.5 Å². The van der Waals surface area contributed by atoms with Crippen LogP contribution in [0.1, 0.15) is 41.3 Å². The molecule has 0 bridgehead atoms. The number of carbonyl (C=O) groups excluding carboxylic acids is 2. The van der Waals surface area contributed by atoms with E-state index in [2.05, 4.69) is 0 Å². The Balaban J connectivity index is 2.75. The summed E-state index contributed by atoms with van der Waals surface area (Å²) in [5.41, 5.74) is 2.45. The summed E-state index contributed by atoms with van der Waals surface area (Å²) < 4.78 is 10.1. The molecular formula is C15H20O4.